The first-order chi connectivity index (χ1) is 6.27. The topological polar surface area (TPSA) is 29.5 Å². The van der Waals surface area contributed by atoms with E-state index in [9.17, 15) is 4.79 Å². The summed E-state index contributed by atoms with van der Waals surface area (Å²) in [6, 6.07) is 0. The van der Waals surface area contributed by atoms with Crippen molar-refractivity contribution in [2.24, 2.45) is 0 Å². The van der Waals surface area contributed by atoms with E-state index in [1.165, 1.54) is 0 Å². The largest absolute Gasteiger partial charge is 0.498 e. The maximum absolute atomic E-state index is 11.5. The summed E-state index contributed by atoms with van der Waals surface area (Å²) in [5, 5.41) is 0. The van der Waals surface area contributed by atoms with E-state index in [1.807, 2.05) is 13.8 Å². The van der Waals surface area contributed by atoms with E-state index in [2.05, 4.69) is 0 Å². The van der Waals surface area contributed by atoms with Crippen molar-refractivity contribution in [2.45, 2.75) is 26.7 Å². The quantitative estimate of drug-likeness (QED) is 0.621. The number of carbonyl (C=O) groups excluding carboxylic acids is 1. The minimum Gasteiger partial charge on any atom is -0.498 e. The molecule has 1 fully saturated rings. The maximum atomic E-state index is 11.5. The molecule has 0 aromatic heterocycles. The molecule has 1 saturated heterocycles. The third-order valence-corrected chi connectivity index (χ3v) is 2.21. The Hall–Kier alpha value is -0.990. The predicted octanol–water partition coefficient (Wildman–Crippen LogP) is 1.55. The van der Waals surface area contributed by atoms with Crippen LogP contribution in [0.25, 0.3) is 0 Å². The molecular formula is C10H17NO2. The van der Waals surface area contributed by atoms with Crippen LogP contribution in [0.2, 0.25) is 0 Å². The minimum absolute atomic E-state index is 0.0712. The number of ether oxygens (including phenoxy) is 1. The lowest BCUT2D eigenvalue weighted by Crippen LogP contribution is -2.29. The Kier molecular flexibility index (Phi) is 3.80. The Morgan fingerprint density at radius 1 is 1.54 bits per heavy atom. The van der Waals surface area contributed by atoms with Gasteiger partial charge in [0.2, 0.25) is 5.91 Å². The lowest BCUT2D eigenvalue weighted by atomic mass is 10.3. The number of nitrogens with zero attached hydrogens (tertiary/aromatic N) is 1. The van der Waals surface area contributed by atoms with Gasteiger partial charge in [0.05, 0.1) is 6.61 Å². The normalized spacial score (nSPS) is 18.8. The summed E-state index contributed by atoms with van der Waals surface area (Å²) in [6.45, 7) is 6.25. The average molecular weight is 183 g/mol. The van der Waals surface area contributed by atoms with Crippen LogP contribution in [0.5, 0.6) is 0 Å². The Bertz CT molecular complexity index is 199. The molecule has 0 aliphatic carbocycles. The van der Waals surface area contributed by atoms with Gasteiger partial charge in [-0.25, -0.2) is 0 Å². The lowest BCUT2D eigenvalue weighted by Gasteiger charge is -2.16. The maximum Gasteiger partial charge on any atom is 0.249 e. The second-order valence-corrected chi connectivity index (χ2v) is 3.07. The molecule has 3 nitrogen and oxygen atoms in total. The molecule has 1 aliphatic heterocycles. The molecule has 1 rings (SSSR count). The number of carbonyl (C=O) groups is 1. The smallest absolute Gasteiger partial charge is 0.249 e. The molecule has 0 unspecified atom stereocenters. The summed E-state index contributed by atoms with van der Waals surface area (Å²) in [5.74, 6) is 0.916. The van der Waals surface area contributed by atoms with E-state index in [1.54, 1.807) is 11.0 Å². The fourth-order valence-corrected chi connectivity index (χ4v) is 1.40. The average Bonchev–Trinajstić information content (AvgIpc) is 2.59. The molecule has 1 amide bonds. The van der Waals surface area contributed by atoms with Crippen molar-refractivity contribution in [3.05, 3.63) is 11.8 Å². The third kappa shape index (κ3) is 2.76. The fraction of sp³-hybridized carbons (Fsp3) is 0.700. The first-order valence-corrected chi connectivity index (χ1v) is 4.90. The summed E-state index contributed by atoms with van der Waals surface area (Å²) in [5.41, 5.74) is 0. The van der Waals surface area contributed by atoms with Crippen LogP contribution >= 0.6 is 0 Å². The van der Waals surface area contributed by atoms with Crippen molar-refractivity contribution in [2.75, 3.05) is 19.7 Å². The molecule has 0 aromatic carbocycles. The minimum atomic E-state index is 0.0712. The number of hydrogen-bond donors (Lipinski definition) is 0. The highest BCUT2D eigenvalue weighted by Gasteiger charge is 2.12. The Balaban J connectivity index is 2.51. The molecule has 74 valence electrons. The molecule has 0 bridgehead atoms. The summed E-state index contributed by atoms with van der Waals surface area (Å²) in [7, 11) is 0. The monoisotopic (exact) mass is 183 g/mol. The molecular weight excluding hydrogens is 166 g/mol. The van der Waals surface area contributed by atoms with Gasteiger partial charge < -0.3 is 9.64 Å². The van der Waals surface area contributed by atoms with Crippen molar-refractivity contribution < 1.29 is 9.53 Å². The van der Waals surface area contributed by atoms with Crippen molar-refractivity contribution in [3.8, 4) is 0 Å². The number of allylic oxidation sites excluding steroid dienone is 1. The number of amides is 1. The molecule has 0 N–H and O–H groups in total. The van der Waals surface area contributed by atoms with E-state index in [-0.39, 0.29) is 5.91 Å². The molecule has 0 radical (unpaired) electrons. The van der Waals surface area contributed by atoms with Gasteiger partial charge in [-0.3, -0.25) is 4.79 Å². The Labute approximate surface area is 79.4 Å². The van der Waals surface area contributed by atoms with Gasteiger partial charge in [0.25, 0.3) is 0 Å². The van der Waals surface area contributed by atoms with Crippen molar-refractivity contribution >= 4 is 5.91 Å². The lowest BCUT2D eigenvalue weighted by molar-refractivity contribution is -0.125. The second kappa shape index (κ2) is 4.90. The molecule has 0 saturated carbocycles. The highest BCUT2D eigenvalue weighted by atomic mass is 16.5. The Morgan fingerprint density at radius 2 is 2.23 bits per heavy atom. The van der Waals surface area contributed by atoms with Crippen molar-refractivity contribution in [3.63, 3.8) is 0 Å². The van der Waals surface area contributed by atoms with Crippen LogP contribution in [0.4, 0.5) is 0 Å². The van der Waals surface area contributed by atoms with Crippen LogP contribution in [0.1, 0.15) is 26.7 Å². The van der Waals surface area contributed by atoms with Crippen molar-refractivity contribution in [1.82, 2.24) is 4.90 Å². The molecule has 0 aromatic rings. The molecule has 0 atom stereocenters. The highest BCUT2D eigenvalue weighted by molar-refractivity contribution is 5.88. The van der Waals surface area contributed by atoms with Gasteiger partial charge in [-0.1, -0.05) is 0 Å². The van der Waals surface area contributed by atoms with Gasteiger partial charge in [-0.2, -0.15) is 0 Å². The van der Waals surface area contributed by atoms with Crippen LogP contribution in [-0.4, -0.2) is 30.5 Å². The van der Waals surface area contributed by atoms with Gasteiger partial charge in [0.15, 0.2) is 0 Å². The molecule has 3 heteroatoms. The SMILES string of the molecule is CCN(CC)C(=O)/C=C1/CCCO1. The van der Waals surface area contributed by atoms with Gasteiger partial charge in [-0.15, -0.1) is 0 Å². The molecule has 1 aliphatic rings. The van der Waals surface area contributed by atoms with Crippen molar-refractivity contribution in [1.29, 1.82) is 0 Å². The summed E-state index contributed by atoms with van der Waals surface area (Å²) >= 11 is 0. The number of likely N-dealkylation sites (N-methyl/N-ethyl adjacent to an activating group) is 1. The fourth-order valence-electron chi connectivity index (χ4n) is 1.40. The highest BCUT2D eigenvalue weighted by Crippen LogP contribution is 2.15. The van der Waals surface area contributed by atoms with E-state index in [0.717, 1.165) is 38.3 Å². The molecule has 0 spiro atoms. The second-order valence-electron chi connectivity index (χ2n) is 3.07. The van der Waals surface area contributed by atoms with Gasteiger partial charge in [0.1, 0.15) is 5.76 Å². The van der Waals surface area contributed by atoms with Gasteiger partial charge in [-0.05, 0) is 20.3 Å². The first kappa shape index (κ1) is 10.1. The van der Waals surface area contributed by atoms with E-state index >= 15 is 0 Å². The van der Waals surface area contributed by atoms with Gasteiger partial charge >= 0.3 is 0 Å². The van der Waals surface area contributed by atoms with Crippen LogP contribution < -0.4 is 0 Å². The zero-order valence-corrected chi connectivity index (χ0v) is 8.38. The predicted molar refractivity (Wildman–Crippen MR) is 51.2 cm³/mol. The van der Waals surface area contributed by atoms with Crippen LogP contribution in [0.15, 0.2) is 11.8 Å². The molecule has 13 heavy (non-hydrogen) atoms. The van der Waals surface area contributed by atoms with E-state index < -0.39 is 0 Å². The standard InChI is InChI=1S/C10H17NO2/c1-3-11(4-2)10(12)8-9-6-5-7-13-9/h8H,3-7H2,1-2H3/b9-8-. The number of rotatable bonds is 3. The Morgan fingerprint density at radius 3 is 2.69 bits per heavy atom. The van der Waals surface area contributed by atoms with Crippen LogP contribution in [-0.2, 0) is 9.53 Å². The first-order valence-electron chi connectivity index (χ1n) is 4.90. The third-order valence-electron chi connectivity index (χ3n) is 2.21. The van der Waals surface area contributed by atoms with Gasteiger partial charge in [0, 0.05) is 25.6 Å². The summed E-state index contributed by atoms with van der Waals surface area (Å²) < 4.78 is 5.28. The summed E-state index contributed by atoms with van der Waals surface area (Å²) in [6.07, 6.45) is 3.57. The van der Waals surface area contributed by atoms with Crippen LogP contribution in [0.3, 0.4) is 0 Å². The molecule has 1 heterocycles. The number of hydrogen-bond acceptors (Lipinski definition) is 2. The van der Waals surface area contributed by atoms with E-state index in [4.69, 9.17) is 4.74 Å². The van der Waals surface area contributed by atoms with Crippen LogP contribution in [0, 0.1) is 0 Å². The zero-order valence-electron chi connectivity index (χ0n) is 8.38. The summed E-state index contributed by atoms with van der Waals surface area (Å²) in [4.78, 5) is 13.3. The van der Waals surface area contributed by atoms with E-state index in [0.29, 0.717) is 0 Å². The zero-order chi connectivity index (χ0) is 9.68.